The molecule has 0 aliphatic carbocycles. The van der Waals surface area contributed by atoms with Crippen LogP contribution in [-0.4, -0.2) is 23.6 Å². The van der Waals surface area contributed by atoms with Gasteiger partial charge in [0.05, 0.1) is 11.3 Å². The van der Waals surface area contributed by atoms with Crippen LogP contribution in [-0.2, 0) is 4.79 Å². The van der Waals surface area contributed by atoms with E-state index < -0.39 is 11.9 Å². The molecular weight excluding hydrogens is 329 g/mol. The first kappa shape index (κ1) is 16.1. The van der Waals surface area contributed by atoms with Crippen LogP contribution in [0.3, 0.4) is 0 Å². The van der Waals surface area contributed by atoms with E-state index in [0.717, 1.165) is 0 Å². The molecule has 0 spiro atoms. The lowest BCUT2D eigenvalue weighted by Gasteiger charge is -2.10. The molecule has 5 nitrogen and oxygen atoms in total. The number of carbonyl (C=O) groups excluding carboxylic acids is 1. The molecule has 0 bridgehead atoms. The lowest BCUT2D eigenvalue weighted by molar-refractivity contribution is -0.118. The Morgan fingerprint density at radius 3 is 2.32 bits per heavy atom. The SMILES string of the molecule is O=C(COc1ccc(Cl)cc1)Nc1cc(Cl)ccc1C(=O)O. The van der Waals surface area contributed by atoms with E-state index in [1.165, 1.54) is 18.2 Å². The molecule has 0 heterocycles. The van der Waals surface area contributed by atoms with Gasteiger partial charge in [-0.1, -0.05) is 23.2 Å². The highest BCUT2D eigenvalue weighted by molar-refractivity contribution is 6.31. The Bertz CT molecular complexity index is 701. The summed E-state index contributed by atoms with van der Waals surface area (Å²) in [7, 11) is 0. The summed E-state index contributed by atoms with van der Waals surface area (Å²) in [5, 5.41) is 12.4. The number of ether oxygens (including phenoxy) is 1. The van der Waals surface area contributed by atoms with Gasteiger partial charge in [-0.3, -0.25) is 4.79 Å². The van der Waals surface area contributed by atoms with Crippen molar-refractivity contribution in [3.8, 4) is 5.75 Å². The molecule has 22 heavy (non-hydrogen) atoms. The molecule has 0 atom stereocenters. The zero-order valence-electron chi connectivity index (χ0n) is 11.2. The van der Waals surface area contributed by atoms with Crippen molar-refractivity contribution in [1.29, 1.82) is 0 Å². The number of benzene rings is 2. The molecule has 7 heteroatoms. The van der Waals surface area contributed by atoms with Crippen molar-refractivity contribution in [2.45, 2.75) is 0 Å². The van der Waals surface area contributed by atoms with E-state index in [4.69, 9.17) is 33.0 Å². The van der Waals surface area contributed by atoms with E-state index in [-0.39, 0.29) is 17.9 Å². The first-order chi connectivity index (χ1) is 10.5. The summed E-state index contributed by atoms with van der Waals surface area (Å²) in [6.07, 6.45) is 0. The minimum atomic E-state index is -1.16. The number of carboxylic acids is 1. The molecular formula is C15H11Cl2NO4. The van der Waals surface area contributed by atoms with Gasteiger partial charge in [-0.2, -0.15) is 0 Å². The van der Waals surface area contributed by atoms with Gasteiger partial charge in [0, 0.05) is 10.0 Å². The predicted octanol–water partition coefficient (Wildman–Crippen LogP) is 3.71. The lowest BCUT2D eigenvalue weighted by Crippen LogP contribution is -2.21. The van der Waals surface area contributed by atoms with E-state index in [1.807, 2.05) is 0 Å². The van der Waals surface area contributed by atoms with Gasteiger partial charge in [-0.15, -0.1) is 0 Å². The van der Waals surface area contributed by atoms with Gasteiger partial charge >= 0.3 is 5.97 Å². The Labute approximate surface area is 136 Å². The van der Waals surface area contributed by atoms with Gasteiger partial charge in [-0.05, 0) is 42.5 Å². The number of halogens is 2. The maximum absolute atomic E-state index is 11.8. The Balaban J connectivity index is 2.01. The Morgan fingerprint density at radius 1 is 1.05 bits per heavy atom. The molecule has 0 aliphatic heterocycles. The van der Waals surface area contributed by atoms with Crippen molar-refractivity contribution in [2.75, 3.05) is 11.9 Å². The molecule has 0 fully saturated rings. The van der Waals surface area contributed by atoms with E-state index in [0.29, 0.717) is 15.8 Å². The summed E-state index contributed by atoms with van der Waals surface area (Å²) in [4.78, 5) is 22.9. The first-order valence-corrected chi connectivity index (χ1v) is 6.92. The fourth-order valence-corrected chi connectivity index (χ4v) is 1.97. The molecule has 0 saturated carbocycles. The molecule has 114 valence electrons. The number of amides is 1. The fourth-order valence-electron chi connectivity index (χ4n) is 1.67. The monoisotopic (exact) mass is 339 g/mol. The average molecular weight is 340 g/mol. The number of nitrogens with one attached hydrogen (secondary N) is 1. The molecule has 1 amide bonds. The third kappa shape index (κ3) is 4.38. The van der Waals surface area contributed by atoms with Gasteiger partial charge in [0.2, 0.25) is 0 Å². The highest BCUT2D eigenvalue weighted by atomic mass is 35.5. The largest absolute Gasteiger partial charge is 0.484 e. The van der Waals surface area contributed by atoms with Gasteiger partial charge in [0.1, 0.15) is 5.75 Å². The van der Waals surface area contributed by atoms with Gasteiger partial charge in [-0.25, -0.2) is 4.79 Å². The van der Waals surface area contributed by atoms with Crippen LogP contribution in [0.1, 0.15) is 10.4 Å². The average Bonchev–Trinajstić information content (AvgIpc) is 2.46. The van der Waals surface area contributed by atoms with Gasteiger partial charge in [0.25, 0.3) is 5.91 Å². The van der Waals surface area contributed by atoms with Crippen molar-refractivity contribution in [1.82, 2.24) is 0 Å². The molecule has 0 saturated heterocycles. The molecule has 2 N–H and O–H groups in total. The first-order valence-electron chi connectivity index (χ1n) is 6.17. The van der Waals surface area contributed by atoms with Crippen molar-refractivity contribution in [3.05, 3.63) is 58.1 Å². The number of carboxylic acid groups (broad SMARTS) is 1. The Morgan fingerprint density at radius 2 is 1.68 bits per heavy atom. The quantitative estimate of drug-likeness (QED) is 0.870. The Hall–Kier alpha value is -2.24. The van der Waals surface area contributed by atoms with Crippen molar-refractivity contribution in [2.24, 2.45) is 0 Å². The summed E-state index contributed by atoms with van der Waals surface area (Å²) in [5.41, 5.74) is 0.0638. The third-order valence-corrected chi connectivity index (χ3v) is 3.16. The van der Waals surface area contributed by atoms with E-state index in [1.54, 1.807) is 24.3 Å². The normalized spacial score (nSPS) is 10.1. The molecule has 0 aromatic heterocycles. The number of carbonyl (C=O) groups is 2. The van der Waals surface area contributed by atoms with Crippen LogP contribution in [0.2, 0.25) is 10.0 Å². The maximum Gasteiger partial charge on any atom is 0.337 e. The van der Waals surface area contributed by atoms with Crippen molar-refractivity contribution in [3.63, 3.8) is 0 Å². The van der Waals surface area contributed by atoms with Crippen LogP contribution in [0.5, 0.6) is 5.75 Å². The summed E-state index contributed by atoms with van der Waals surface area (Å²) in [6.45, 7) is -0.271. The van der Waals surface area contributed by atoms with Gasteiger partial charge < -0.3 is 15.2 Å². The lowest BCUT2D eigenvalue weighted by atomic mass is 10.2. The predicted molar refractivity (Wildman–Crippen MR) is 84.0 cm³/mol. The van der Waals surface area contributed by atoms with Crippen LogP contribution in [0.4, 0.5) is 5.69 Å². The molecule has 2 aromatic carbocycles. The standard InChI is InChI=1S/C15H11Cl2NO4/c16-9-1-4-11(5-2-9)22-8-14(19)18-13-7-10(17)3-6-12(13)15(20)21/h1-7H,8H2,(H,18,19)(H,20,21). The topological polar surface area (TPSA) is 75.6 Å². The number of anilines is 1. The summed E-state index contributed by atoms with van der Waals surface area (Å²) in [5.74, 6) is -1.19. The molecule has 0 radical (unpaired) electrons. The molecule has 2 rings (SSSR count). The number of hydrogen-bond acceptors (Lipinski definition) is 3. The van der Waals surface area contributed by atoms with Crippen molar-refractivity contribution < 1.29 is 19.4 Å². The summed E-state index contributed by atoms with van der Waals surface area (Å²) < 4.78 is 5.27. The smallest absolute Gasteiger partial charge is 0.337 e. The number of aromatic carboxylic acids is 1. The number of rotatable bonds is 5. The zero-order valence-corrected chi connectivity index (χ0v) is 12.7. The third-order valence-electron chi connectivity index (χ3n) is 2.67. The highest BCUT2D eigenvalue weighted by Gasteiger charge is 2.13. The molecule has 0 aliphatic rings. The second kappa shape index (κ2) is 7.15. The van der Waals surface area contributed by atoms with Crippen LogP contribution in [0.25, 0.3) is 0 Å². The maximum atomic E-state index is 11.8. The van der Waals surface area contributed by atoms with Crippen molar-refractivity contribution >= 4 is 40.8 Å². The van der Waals surface area contributed by atoms with Crippen LogP contribution in [0.15, 0.2) is 42.5 Å². The van der Waals surface area contributed by atoms with Crippen LogP contribution < -0.4 is 10.1 Å². The second-order valence-corrected chi connectivity index (χ2v) is 5.16. The fraction of sp³-hybridized carbons (Fsp3) is 0.0667. The highest BCUT2D eigenvalue weighted by Crippen LogP contribution is 2.21. The number of hydrogen-bond donors (Lipinski definition) is 2. The molecule has 2 aromatic rings. The van der Waals surface area contributed by atoms with E-state index in [2.05, 4.69) is 5.32 Å². The molecule has 0 unspecified atom stereocenters. The second-order valence-electron chi connectivity index (χ2n) is 4.29. The summed E-state index contributed by atoms with van der Waals surface area (Å²) in [6, 6.07) is 10.6. The van der Waals surface area contributed by atoms with Crippen LogP contribution in [0, 0.1) is 0 Å². The van der Waals surface area contributed by atoms with E-state index >= 15 is 0 Å². The zero-order chi connectivity index (χ0) is 16.1. The summed E-state index contributed by atoms with van der Waals surface area (Å²) >= 11 is 11.5. The van der Waals surface area contributed by atoms with Gasteiger partial charge in [0.15, 0.2) is 6.61 Å². The minimum Gasteiger partial charge on any atom is -0.484 e. The van der Waals surface area contributed by atoms with E-state index in [9.17, 15) is 9.59 Å². The van der Waals surface area contributed by atoms with Crippen LogP contribution >= 0.6 is 23.2 Å². The Kier molecular flexibility index (Phi) is 5.25. The minimum absolute atomic E-state index is 0.0516.